The molecule has 2 amide bonds. The van der Waals surface area contributed by atoms with Crippen molar-refractivity contribution in [3.63, 3.8) is 0 Å². The molecule has 0 aromatic rings. The Bertz CT molecular complexity index is 571. The third-order valence-electron chi connectivity index (χ3n) is 7.89. The number of hydrogen-bond acceptors (Lipinski definition) is 2. The predicted molar refractivity (Wildman–Crippen MR) is 108 cm³/mol. The summed E-state index contributed by atoms with van der Waals surface area (Å²) in [6.07, 6.45) is 11.1. The summed E-state index contributed by atoms with van der Waals surface area (Å²) >= 11 is 6.29. The van der Waals surface area contributed by atoms with Crippen LogP contribution in [0.25, 0.3) is 0 Å². The molecule has 3 saturated carbocycles. The average molecular weight is 395 g/mol. The second-order valence-corrected chi connectivity index (χ2v) is 10.5. The number of piperazine rings is 1. The molecule has 1 heterocycles. The summed E-state index contributed by atoms with van der Waals surface area (Å²) < 4.78 is 0. The molecular weight excluding hydrogens is 360 g/mol. The van der Waals surface area contributed by atoms with E-state index in [-0.39, 0.29) is 24.4 Å². The van der Waals surface area contributed by atoms with Gasteiger partial charge in [0.25, 0.3) is 0 Å². The first-order valence-electron chi connectivity index (χ1n) is 11.2. The molecule has 2 unspecified atom stereocenters. The molecule has 1 spiro atoms. The van der Waals surface area contributed by atoms with E-state index in [1.807, 2.05) is 18.7 Å². The Kier molecular flexibility index (Phi) is 5.48. The standard InChI is InChI=1S/C22H35ClN2O2/c1-15(2)24-14-20(26)25(13-16-7-9-19(23)10-8-16)22(21(24)27)11-17-5-3-4-6-18(17)12-22/h15-19H,3-14H2,1-2H3. The summed E-state index contributed by atoms with van der Waals surface area (Å²) in [5, 5.41) is 0.291. The number of carbonyl (C=O) groups is 2. The highest BCUT2D eigenvalue weighted by Gasteiger charge is 2.59. The number of alkyl halides is 1. The largest absolute Gasteiger partial charge is 0.329 e. The quantitative estimate of drug-likeness (QED) is 0.673. The van der Waals surface area contributed by atoms with E-state index in [0.29, 0.717) is 23.1 Å². The fourth-order valence-electron chi connectivity index (χ4n) is 6.35. The molecular formula is C22H35ClN2O2. The first-order chi connectivity index (χ1) is 12.9. The van der Waals surface area contributed by atoms with Gasteiger partial charge in [0.15, 0.2) is 0 Å². The molecule has 5 heteroatoms. The van der Waals surface area contributed by atoms with Crippen LogP contribution in [0.2, 0.25) is 0 Å². The van der Waals surface area contributed by atoms with Gasteiger partial charge in [0.05, 0.1) is 0 Å². The Balaban J connectivity index is 1.61. The molecule has 3 aliphatic carbocycles. The second kappa shape index (κ2) is 7.57. The summed E-state index contributed by atoms with van der Waals surface area (Å²) in [5.74, 6) is 2.17. The van der Waals surface area contributed by atoms with Crippen LogP contribution in [0, 0.1) is 17.8 Å². The highest BCUT2D eigenvalue weighted by atomic mass is 35.5. The molecule has 0 aromatic heterocycles. The second-order valence-electron chi connectivity index (χ2n) is 9.89. The zero-order valence-electron chi connectivity index (χ0n) is 17.0. The molecule has 27 heavy (non-hydrogen) atoms. The molecule has 2 atom stereocenters. The monoisotopic (exact) mass is 394 g/mol. The van der Waals surface area contributed by atoms with Crippen molar-refractivity contribution in [2.45, 2.75) is 95.0 Å². The van der Waals surface area contributed by atoms with Crippen molar-refractivity contribution in [3.8, 4) is 0 Å². The number of nitrogens with zero attached hydrogens (tertiary/aromatic N) is 2. The molecule has 0 radical (unpaired) electrons. The molecule has 152 valence electrons. The van der Waals surface area contributed by atoms with Crippen molar-refractivity contribution in [1.29, 1.82) is 0 Å². The van der Waals surface area contributed by atoms with Gasteiger partial charge in [0, 0.05) is 18.0 Å². The van der Waals surface area contributed by atoms with Crippen LogP contribution in [0.3, 0.4) is 0 Å². The molecule has 0 N–H and O–H groups in total. The van der Waals surface area contributed by atoms with Crippen molar-refractivity contribution < 1.29 is 9.59 Å². The van der Waals surface area contributed by atoms with E-state index in [9.17, 15) is 9.59 Å². The van der Waals surface area contributed by atoms with Crippen LogP contribution in [-0.2, 0) is 9.59 Å². The third kappa shape index (κ3) is 3.52. The Labute approximate surface area is 169 Å². The lowest BCUT2D eigenvalue weighted by Crippen LogP contribution is -2.69. The molecule has 0 aromatic carbocycles. The number of fused-ring (bicyclic) bond motifs is 1. The number of hydrogen-bond donors (Lipinski definition) is 0. The van der Waals surface area contributed by atoms with Gasteiger partial charge in [-0.2, -0.15) is 0 Å². The number of rotatable bonds is 3. The van der Waals surface area contributed by atoms with E-state index in [0.717, 1.165) is 45.1 Å². The van der Waals surface area contributed by atoms with Crippen molar-refractivity contribution in [1.82, 2.24) is 9.80 Å². The van der Waals surface area contributed by atoms with Crippen LogP contribution >= 0.6 is 11.6 Å². The summed E-state index contributed by atoms with van der Waals surface area (Å²) in [5.41, 5.74) is -0.558. The van der Waals surface area contributed by atoms with Gasteiger partial charge < -0.3 is 9.80 Å². The molecule has 4 rings (SSSR count). The summed E-state index contributed by atoms with van der Waals surface area (Å²) in [4.78, 5) is 30.9. The minimum atomic E-state index is -0.558. The van der Waals surface area contributed by atoms with E-state index in [1.54, 1.807) is 0 Å². The maximum absolute atomic E-state index is 13.7. The van der Waals surface area contributed by atoms with Gasteiger partial charge in [0.1, 0.15) is 12.1 Å². The molecule has 4 fully saturated rings. The van der Waals surface area contributed by atoms with Crippen molar-refractivity contribution in [2.24, 2.45) is 17.8 Å². The van der Waals surface area contributed by atoms with Crippen molar-refractivity contribution in [2.75, 3.05) is 13.1 Å². The van der Waals surface area contributed by atoms with Crippen molar-refractivity contribution in [3.05, 3.63) is 0 Å². The smallest absolute Gasteiger partial charge is 0.249 e. The normalized spacial score (nSPS) is 40.1. The maximum atomic E-state index is 13.7. The molecule has 1 aliphatic heterocycles. The van der Waals surface area contributed by atoms with E-state index in [1.165, 1.54) is 25.7 Å². The van der Waals surface area contributed by atoms with E-state index in [2.05, 4.69) is 4.90 Å². The topological polar surface area (TPSA) is 40.6 Å². The lowest BCUT2D eigenvalue weighted by Gasteiger charge is -2.50. The van der Waals surface area contributed by atoms with Gasteiger partial charge in [-0.25, -0.2) is 0 Å². The first kappa shape index (κ1) is 19.5. The van der Waals surface area contributed by atoms with Crippen LogP contribution in [0.1, 0.15) is 78.1 Å². The van der Waals surface area contributed by atoms with Gasteiger partial charge >= 0.3 is 0 Å². The summed E-state index contributed by atoms with van der Waals surface area (Å²) in [6.45, 7) is 5.11. The van der Waals surface area contributed by atoms with Crippen molar-refractivity contribution >= 4 is 23.4 Å². The van der Waals surface area contributed by atoms with E-state index < -0.39 is 5.54 Å². The molecule has 1 saturated heterocycles. The van der Waals surface area contributed by atoms with Crippen LogP contribution in [-0.4, -0.2) is 51.7 Å². The van der Waals surface area contributed by atoms with Crippen LogP contribution in [0.5, 0.6) is 0 Å². The third-order valence-corrected chi connectivity index (χ3v) is 8.33. The van der Waals surface area contributed by atoms with Gasteiger partial charge in [-0.15, -0.1) is 11.6 Å². The van der Waals surface area contributed by atoms with Crippen LogP contribution in [0.4, 0.5) is 0 Å². The lowest BCUT2D eigenvalue weighted by molar-refractivity contribution is -0.168. The summed E-state index contributed by atoms with van der Waals surface area (Å²) in [7, 11) is 0. The van der Waals surface area contributed by atoms with Crippen LogP contribution in [0.15, 0.2) is 0 Å². The minimum absolute atomic E-state index is 0.0924. The average Bonchev–Trinajstić information content (AvgIpc) is 3.03. The Hall–Kier alpha value is -0.770. The van der Waals surface area contributed by atoms with E-state index in [4.69, 9.17) is 11.6 Å². The predicted octanol–water partition coefficient (Wildman–Crippen LogP) is 4.20. The first-order valence-corrected chi connectivity index (χ1v) is 11.6. The Morgan fingerprint density at radius 2 is 1.59 bits per heavy atom. The molecule has 0 bridgehead atoms. The fraction of sp³-hybridized carbons (Fsp3) is 0.909. The number of halogens is 1. The Morgan fingerprint density at radius 3 is 2.15 bits per heavy atom. The fourth-order valence-corrected chi connectivity index (χ4v) is 6.60. The molecule has 4 nitrogen and oxygen atoms in total. The SMILES string of the molecule is CC(C)N1CC(=O)N(CC2CCC(Cl)CC2)C2(CC3CCCCC3C2)C1=O. The highest BCUT2D eigenvalue weighted by molar-refractivity contribution is 6.20. The highest BCUT2D eigenvalue weighted by Crippen LogP contribution is 2.52. The zero-order chi connectivity index (χ0) is 19.2. The number of amides is 2. The Morgan fingerprint density at radius 1 is 1.00 bits per heavy atom. The van der Waals surface area contributed by atoms with Gasteiger partial charge in [0.2, 0.25) is 11.8 Å². The zero-order valence-corrected chi connectivity index (χ0v) is 17.7. The lowest BCUT2D eigenvalue weighted by atomic mass is 9.82. The maximum Gasteiger partial charge on any atom is 0.249 e. The molecule has 4 aliphatic rings. The van der Waals surface area contributed by atoms with Gasteiger partial charge in [-0.05, 0) is 70.1 Å². The van der Waals surface area contributed by atoms with E-state index >= 15 is 0 Å². The summed E-state index contributed by atoms with van der Waals surface area (Å²) in [6, 6.07) is 0.0924. The minimum Gasteiger partial charge on any atom is -0.329 e. The van der Waals surface area contributed by atoms with Gasteiger partial charge in [-0.3, -0.25) is 9.59 Å². The number of carbonyl (C=O) groups excluding carboxylic acids is 2. The van der Waals surface area contributed by atoms with Crippen LogP contribution < -0.4 is 0 Å². The van der Waals surface area contributed by atoms with Gasteiger partial charge in [-0.1, -0.05) is 25.7 Å².